The van der Waals surface area contributed by atoms with Crippen LogP contribution in [0.25, 0.3) is 0 Å². The van der Waals surface area contributed by atoms with Crippen molar-refractivity contribution in [3.63, 3.8) is 0 Å². The van der Waals surface area contributed by atoms with Gasteiger partial charge in [0.1, 0.15) is 11.5 Å². The van der Waals surface area contributed by atoms with E-state index in [1.165, 1.54) is 16.7 Å². The van der Waals surface area contributed by atoms with Crippen LogP contribution >= 0.6 is 0 Å². The number of rotatable bonds is 12. The molecule has 192 valence electrons. The lowest BCUT2D eigenvalue weighted by atomic mass is 9.88. The van der Waals surface area contributed by atoms with Crippen LogP contribution in [-0.2, 0) is 11.3 Å². The summed E-state index contributed by atoms with van der Waals surface area (Å²) in [7, 11) is 0. The molecule has 0 aliphatic rings. The molecule has 3 rings (SSSR count). The molecular weight excluding hydrogens is 446 g/mol. The second kappa shape index (κ2) is 13.2. The summed E-state index contributed by atoms with van der Waals surface area (Å²) in [6, 6.07) is 25.2. The number of ether oxygens (including phenoxy) is 2. The van der Waals surface area contributed by atoms with Gasteiger partial charge in [0.25, 0.3) is 0 Å². The molecule has 0 saturated carbocycles. The molecule has 0 N–H and O–H groups in total. The van der Waals surface area contributed by atoms with Crippen molar-refractivity contribution >= 4 is 5.91 Å². The average Bonchev–Trinajstić information content (AvgIpc) is 2.85. The molecule has 1 unspecified atom stereocenters. The molecule has 3 aromatic rings. The minimum absolute atomic E-state index is 0.138. The molecular formula is C32H41NO3. The van der Waals surface area contributed by atoms with Gasteiger partial charge in [-0.1, -0.05) is 61.0 Å². The Morgan fingerprint density at radius 2 is 1.22 bits per heavy atom. The fourth-order valence-corrected chi connectivity index (χ4v) is 4.34. The van der Waals surface area contributed by atoms with E-state index >= 15 is 0 Å². The molecule has 0 heterocycles. The number of carbonyl (C=O) groups is 1. The molecule has 1 amide bonds. The Kier molecular flexibility index (Phi) is 9.98. The van der Waals surface area contributed by atoms with Crippen LogP contribution in [0.15, 0.2) is 72.8 Å². The van der Waals surface area contributed by atoms with Crippen molar-refractivity contribution < 1.29 is 14.3 Å². The first-order valence-electron chi connectivity index (χ1n) is 13.1. The first-order valence-corrected chi connectivity index (χ1v) is 13.1. The van der Waals surface area contributed by atoms with E-state index in [2.05, 4.69) is 55.5 Å². The summed E-state index contributed by atoms with van der Waals surface area (Å²) >= 11 is 0. The predicted octanol–water partition coefficient (Wildman–Crippen LogP) is 7.53. The Balaban J connectivity index is 1.79. The van der Waals surface area contributed by atoms with E-state index in [0.717, 1.165) is 23.5 Å². The van der Waals surface area contributed by atoms with Crippen LogP contribution in [0.1, 0.15) is 75.6 Å². The maximum atomic E-state index is 12.9. The minimum atomic E-state index is 0.138. The first-order chi connectivity index (χ1) is 17.2. The van der Waals surface area contributed by atoms with E-state index in [1.807, 2.05) is 63.8 Å². The van der Waals surface area contributed by atoms with Gasteiger partial charge in [-0.15, -0.1) is 0 Å². The molecule has 0 aliphatic carbocycles. The topological polar surface area (TPSA) is 38.8 Å². The largest absolute Gasteiger partial charge is 0.491 e. The number of amides is 1. The number of aryl methyl sites for hydroxylation is 1. The molecule has 0 fully saturated rings. The van der Waals surface area contributed by atoms with Gasteiger partial charge < -0.3 is 14.4 Å². The van der Waals surface area contributed by atoms with E-state index in [0.29, 0.717) is 19.5 Å². The highest BCUT2D eigenvalue weighted by atomic mass is 16.5. The Hall–Kier alpha value is -3.27. The van der Waals surface area contributed by atoms with Gasteiger partial charge in [0.2, 0.25) is 5.91 Å². The van der Waals surface area contributed by atoms with Crippen LogP contribution < -0.4 is 9.47 Å². The Labute approximate surface area is 217 Å². The summed E-state index contributed by atoms with van der Waals surface area (Å²) in [5, 5.41) is 0. The lowest BCUT2D eigenvalue weighted by Gasteiger charge is -2.26. The van der Waals surface area contributed by atoms with Gasteiger partial charge in [0, 0.05) is 25.4 Å². The van der Waals surface area contributed by atoms with Gasteiger partial charge in [-0.25, -0.2) is 0 Å². The van der Waals surface area contributed by atoms with E-state index in [9.17, 15) is 4.79 Å². The van der Waals surface area contributed by atoms with Crippen LogP contribution in [0.5, 0.6) is 11.5 Å². The number of carbonyl (C=O) groups excluding carboxylic acids is 1. The SMILES string of the molecule is CCC(=O)N(CCC(c1ccc(C)cc1)c1ccc(OC(C)C)cc1)Cc1ccc(OC(C)C)cc1. The minimum Gasteiger partial charge on any atom is -0.491 e. The summed E-state index contributed by atoms with van der Waals surface area (Å²) in [4.78, 5) is 14.9. The normalized spacial score (nSPS) is 12.0. The molecule has 0 radical (unpaired) electrons. The number of nitrogens with zero attached hydrogens (tertiary/aromatic N) is 1. The third-order valence-corrected chi connectivity index (χ3v) is 6.15. The summed E-state index contributed by atoms with van der Waals surface area (Å²) < 4.78 is 11.6. The monoisotopic (exact) mass is 487 g/mol. The van der Waals surface area contributed by atoms with Crippen molar-refractivity contribution in [2.24, 2.45) is 0 Å². The van der Waals surface area contributed by atoms with Crippen molar-refractivity contribution in [1.82, 2.24) is 4.90 Å². The van der Waals surface area contributed by atoms with Crippen molar-refractivity contribution in [1.29, 1.82) is 0 Å². The van der Waals surface area contributed by atoms with E-state index in [-0.39, 0.29) is 24.0 Å². The molecule has 0 aliphatic heterocycles. The average molecular weight is 488 g/mol. The zero-order valence-corrected chi connectivity index (χ0v) is 22.7. The fraction of sp³-hybridized carbons (Fsp3) is 0.406. The molecule has 0 spiro atoms. The smallest absolute Gasteiger partial charge is 0.222 e. The quantitative estimate of drug-likeness (QED) is 0.265. The van der Waals surface area contributed by atoms with Gasteiger partial charge in [0.05, 0.1) is 12.2 Å². The van der Waals surface area contributed by atoms with Crippen molar-refractivity contribution in [3.05, 3.63) is 95.1 Å². The summed E-state index contributed by atoms with van der Waals surface area (Å²) in [5.74, 6) is 2.09. The zero-order chi connectivity index (χ0) is 26.1. The Bertz CT molecular complexity index is 1070. The predicted molar refractivity (Wildman–Crippen MR) is 148 cm³/mol. The van der Waals surface area contributed by atoms with E-state index < -0.39 is 0 Å². The highest BCUT2D eigenvalue weighted by molar-refractivity contribution is 5.75. The molecule has 0 bridgehead atoms. The highest BCUT2D eigenvalue weighted by Gasteiger charge is 2.19. The lowest BCUT2D eigenvalue weighted by molar-refractivity contribution is -0.131. The van der Waals surface area contributed by atoms with Crippen LogP contribution in [0.4, 0.5) is 0 Å². The second-order valence-electron chi connectivity index (χ2n) is 9.97. The van der Waals surface area contributed by atoms with Crippen LogP contribution in [0.2, 0.25) is 0 Å². The molecule has 1 atom stereocenters. The Morgan fingerprint density at radius 1 is 0.750 bits per heavy atom. The maximum absolute atomic E-state index is 12.9. The Morgan fingerprint density at radius 3 is 1.69 bits per heavy atom. The van der Waals surface area contributed by atoms with Crippen LogP contribution in [0, 0.1) is 6.92 Å². The second-order valence-corrected chi connectivity index (χ2v) is 9.97. The van der Waals surface area contributed by atoms with Crippen LogP contribution in [0.3, 0.4) is 0 Å². The van der Waals surface area contributed by atoms with Crippen molar-refractivity contribution in [2.45, 2.75) is 79.1 Å². The fourth-order valence-electron chi connectivity index (χ4n) is 4.34. The van der Waals surface area contributed by atoms with Gasteiger partial charge in [-0.05, 0) is 82.0 Å². The molecule has 4 heteroatoms. The molecule has 36 heavy (non-hydrogen) atoms. The number of benzene rings is 3. The van der Waals surface area contributed by atoms with Gasteiger partial charge in [0.15, 0.2) is 0 Å². The van der Waals surface area contributed by atoms with Gasteiger partial charge >= 0.3 is 0 Å². The van der Waals surface area contributed by atoms with E-state index in [4.69, 9.17) is 9.47 Å². The standard InChI is InChI=1S/C32H41NO3/c1-7-32(34)33(22-26-10-16-29(17-11-26)35-23(2)3)21-20-31(27-12-8-25(6)9-13-27)28-14-18-30(19-15-28)36-24(4)5/h8-19,23-24,31H,7,20-22H2,1-6H3. The van der Waals surface area contributed by atoms with Crippen molar-refractivity contribution in [2.75, 3.05) is 6.54 Å². The maximum Gasteiger partial charge on any atom is 0.222 e. The number of hydrogen-bond acceptors (Lipinski definition) is 3. The lowest BCUT2D eigenvalue weighted by Crippen LogP contribution is -2.31. The zero-order valence-electron chi connectivity index (χ0n) is 22.7. The third kappa shape index (κ3) is 8.15. The highest BCUT2D eigenvalue weighted by Crippen LogP contribution is 2.30. The van der Waals surface area contributed by atoms with Crippen LogP contribution in [-0.4, -0.2) is 29.6 Å². The molecule has 4 nitrogen and oxygen atoms in total. The van der Waals surface area contributed by atoms with Gasteiger partial charge in [-0.2, -0.15) is 0 Å². The summed E-state index contributed by atoms with van der Waals surface area (Å²) in [5.41, 5.74) is 4.84. The summed E-state index contributed by atoms with van der Waals surface area (Å²) in [6.45, 7) is 13.4. The summed E-state index contributed by atoms with van der Waals surface area (Å²) in [6.07, 6.45) is 1.61. The molecule has 3 aromatic carbocycles. The third-order valence-electron chi connectivity index (χ3n) is 6.15. The van der Waals surface area contributed by atoms with Crippen molar-refractivity contribution in [3.8, 4) is 11.5 Å². The number of hydrogen-bond donors (Lipinski definition) is 0. The van der Waals surface area contributed by atoms with E-state index in [1.54, 1.807) is 0 Å². The first kappa shape index (κ1) is 27.3. The van der Waals surface area contributed by atoms with Gasteiger partial charge in [-0.3, -0.25) is 4.79 Å². The molecule has 0 aromatic heterocycles. The molecule has 0 saturated heterocycles.